The quantitative estimate of drug-likeness (QED) is 0.273. The summed E-state index contributed by atoms with van der Waals surface area (Å²) >= 11 is 6.90. The number of thiazole rings is 1. The summed E-state index contributed by atoms with van der Waals surface area (Å²) in [6.07, 6.45) is -2.24. The van der Waals surface area contributed by atoms with Crippen molar-refractivity contribution in [3.63, 3.8) is 0 Å². The fraction of sp³-hybridized carbons (Fsp3) is 0.632. The van der Waals surface area contributed by atoms with Gasteiger partial charge in [0.1, 0.15) is 15.6 Å². The maximum Gasteiger partial charge on any atom is 0.413 e. The fourth-order valence-corrected chi connectivity index (χ4v) is 3.94. The Bertz CT molecular complexity index is 943. The molecule has 11 nitrogen and oxygen atoms in total. The van der Waals surface area contributed by atoms with E-state index < -0.39 is 43.8 Å². The van der Waals surface area contributed by atoms with Crippen LogP contribution in [0.3, 0.4) is 0 Å². The fourth-order valence-electron chi connectivity index (χ4n) is 1.91. The molecule has 0 fully saturated rings. The van der Waals surface area contributed by atoms with Crippen LogP contribution in [-0.2, 0) is 28.2 Å². The zero-order chi connectivity index (χ0) is 26.5. The summed E-state index contributed by atoms with van der Waals surface area (Å²) in [6, 6.07) is 0. The SMILES string of the molecule is [B]OC(=O)[C@H](CO[Si](C)(C)C(C)(C)C)ON=C(C(=O)O)c1nc(NC(=O)OC(C)(C)C)sc1Cl. The predicted octanol–water partition coefficient (Wildman–Crippen LogP) is 3.97. The highest BCUT2D eigenvalue weighted by atomic mass is 35.5. The van der Waals surface area contributed by atoms with Crippen LogP contribution in [0.25, 0.3) is 0 Å². The van der Waals surface area contributed by atoms with E-state index in [9.17, 15) is 19.5 Å². The van der Waals surface area contributed by atoms with Crippen molar-refractivity contribution in [2.75, 3.05) is 11.9 Å². The predicted molar refractivity (Wildman–Crippen MR) is 131 cm³/mol. The molecule has 0 saturated heterocycles. The van der Waals surface area contributed by atoms with Crippen LogP contribution in [0.5, 0.6) is 0 Å². The number of hydrogen-bond acceptors (Lipinski definition) is 10. The van der Waals surface area contributed by atoms with E-state index in [1.807, 2.05) is 33.9 Å². The number of amides is 1. The van der Waals surface area contributed by atoms with Crippen LogP contribution in [0.15, 0.2) is 5.16 Å². The van der Waals surface area contributed by atoms with E-state index in [2.05, 4.69) is 20.1 Å². The number of nitrogens with one attached hydrogen (secondary N) is 1. The Hall–Kier alpha value is -2.16. The number of anilines is 1. The molecular weight excluding hydrogens is 505 g/mol. The van der Waals surface area contributed by atoms with Gasteiger partial charge in [-0.05, 0) is 38.9 Å². The average Bonchev–Trinajstić information content (AvgIpc) is 3.00. The molecule has 0 spiro atoms. The molecule has 0 aromatic carbocycles. The molecule has 0 aliphatic carbocycles. The van der Waals surface area contributed by atoms with Crippen molar-refractivity contribution in [1.82, 2.24) is 4.98 Å². The molecule has 1 heterocycles. The van der Waals surface area contributed by atoms with E-state index in [0.29, 0.717) is 0 Å². The molecule has 0 aliphatic heterocycles. The molecule has 34 heavy (non-hydrogen) atoms. The number of carboxylic acid groups (broad SMARTS) is 1. The molecule has 1 rings (SSSR count). The Balaban J connectivity index is 3.12. The number of carbonyl (C=O) groups is 3. The summed E-state index contributed by atoms with van der Waals surface area (Å²) in [7, 11) is 2.69. The van der Waals surface area contributed by atoms with Crippen LogP contribution in [0.2, 0.25) is 22.5 Å². The minimum absolute atomic E-state index is 0.0256. The Morgan fingerprint density at radius 3 is 2.29 bits per heavy atom. The van der Waals surface area contributed by atoms with Gasteiger partial charge in [0.15, 0.2) is 13.4 Å². The van der Waals surface area contributed by atoms with Gasteiger partial charge < -0.3 is 23.8 Å². The molecule has 0 aliphatic rings. The van der Waals surface area contributed by atoms with E-state index in [-0.39, 0.29) is 26.8 Å². The second-order valence-electron chi connectivity index (χ2n) is 9.62. The van der Waals surface area contributed by atoms with Crippen molar-refractivity contribution in [2.45, 2.75) is 71.4 Å². The van der Waals surface area contributed by atoms with Gasteiger partial charge in [0, 0.05) is 0 Å². The Labute approximate surface area is 209 Å². The van der Waals surface area contributed by atoms with Gasteiger partial charge in [0.25, 0.3) is 0 Å². The van der Waals surface area contributed by atoms with Crippen molar-refractivity contribution >= 4 is 68.2 Å². The highest BCUT2D eigenvalue weighted by Crippen LogP contribution is 2.36. The number of ether oxygens (including phenoxy) is 1. The molecule has 1 amide bonds. The number of hydrogen-bond donors (Lipinski definition) is 2. The molecular formula is C19H29BClN3O8SSi. The molecule has 1 aromatic rings. The van der Waals surface area contributed by atoms with Crippen molar-refractivity contribution in [3.8, 4) is 0 Å². The summed E-state index contributed by atoms with van der Waals surface area (Å²) in [5.41, 5.74) is -1.75. The smallest absolute Gasteiger partial charge is 0.413 e. The number of aliphatic carboxylic acids is 1. The van der Waals surface area contributed by atoms with Crippen molar-refractivity contribution in [3.05, 3.63) is 10.0 Å². The van der Waals surface area contributed by atoms with Crippen molar-refractivity contribution in [1.29, 1.82) is 0 Å². The second kappa shape index (κ2) is 11.5. The van der Waals surface area contributed by atoms with Crippen LogP contribution in [-0.4, -0.2) is 68.5 Å². The highest BCUT2D eigenvalue weighted by molar-refractivity contribution is 7.20. The molecule has 1 atom stereocenters. The zero-order valence-corrected chi connectivity index (χ0v) is 22.9. The molecule has 0 bridgehead atoms. The van der Waals surface area contributed by atoms with Gasteiger partial charge in [-0.25, -0.2) is 19.4 Å². The summed E-state index contributed by atoms with van der Waals surface area (Å²) in [6.45, 7) is 14.7. The van der Waals surface area contributed by atoms with E-state index >= 15 is 0 Å². The lowest BCUT2D eigenvalue weighted by Gasteiger charge is -2.36. The lowest BCUT2D eigenvalue weighted by molar-refractivity contribution is -0.149. The van der Waals surface area contributed by atoms with Crippen LogP contribution in [0.1, 0.15) is 47.2 Å². The number of nitrogens with zero attached hydrogens (tertiary/aromatic N) is 2. The van der Waals surface area contributed by atoms with E-state index in [0.717, 1.165) is 11.3 Å². The summed E-state index contributed by atoms with van der Waals surface area (Å²) in [5.74, 6) is -2.55. The first-order valence-corrected chi connectivity index (χ1v) is 14.2. The topological polar surface area (TPSA) is 146 Å². The lowest BCUT2D eigenvalue weighted by atomic mass is 10.2. The van der Waals surface area contributed by atoms with Gasteiger partial charge in [-0.1, -0.05) is 48.9 Å². The summed E-state index contributed by atoms with van der Waals surface area (Å²) in [4.78, 5) is 44.9. The van der Waals surface area contributed by atoms with E-state index in [1.54, 1.807) is 20.8 Å². The van der Waals surface area contributed by atoms with Gasteiger partial charge >= 0.3 is 26.1 Å². The molecule has 1 aromatic heterocycles. The lowest BCUT2D eigenvalue weighted by Crippen LogP contribution is -2.44. The molecule has 2 radical (unpaired) electrons. The number of aromatic nitrogens is 1. The highest BCUT2D eigenvalue weighted by Gasteiger charge is 2.39. The van der Waals surface area contributed by atoms with Crippen LogP contribution in [0.4, 0.5) is 9.93 Å². The molecule has 0 saturated carbocycles. The van der Waals surface area contributed by atoms with Crippen LogP contribution in [0, 0.1) is 0 Å². The summed E-state index contributed by atoms with van der Waals surface area (Å²) < 4.78 is 15.2. The molecule has 188 valence electrons. The van der Waals surface area contributed by atoms with E-state index in [1.165, 1.54) is 0 Å². The van der Waals surface area contributed by atoms with Crippen LogP contribution >= 0.6 is 22.9 Å². The van der Waals surface area contributed by atoms with Crippen molar-refractivity contribution < 1.29 is 38.1 Å². The zero-order valence-electron chi connectivity index (χ0n) is 20.3. The van der Waals surface area contributed by atoms with Gasteiger partial charge in [-0.2, -0.15) is 0 Å². The number of carboxylic acids is 1. The summed E-state index contributed by atoms with van der Waals surface area (Å²) in [5, 5.41) is 15.3. The number of halogens is 1. The van der Waals surface area contributed by atoms with Crippen molar-refractivity contribution in [2.24, 2.45) is 5.16 Å². The normalized spacial score (nSPS) is 13.7. The minimum atomic E-state index is -2.28. The third-order valence-electron chi connectivity index (χ3n) is 4.67. The van der Waals surface area contributed by atoms with Gasteiger partial charge in [-0.3, -0.25) is 5.32 Å². The number of rotatable bonds is 9. The third kappa shape index (κ3) is 8.89. The largest absolute Gasteiger partial charge is 0.541 e. The molecule has 2 N–H and O–H groups in total. The number of oxime groups is 1. The molecule has 0 unspecified atom stereocenters. The average molecular weight is 534 g/mol. The first-order valence-electron chi connectivity index (χ1n) is 10.1. The Kier molecular flexibility index (Phi) is 10.1. The van der Waals surface area contributed by atoms with Crippen LogP contribution < -0.4 is 5.32 Å². The monoisotopic (exact) mass is 533 g/mol. The standard InChI is InChI=1S/C19H29BClN3O8SSi/c1-18(2,3)30-17(28)23-16-22-11(13(21)33-16)12(14(25)26)24-32-10(15(27)31-20)9-29-34(7,8)19(4,5)6/h10H,9H2,1-8H3,(H,25,26)(H,22,23,28)/t10-/m0/s1. The van der Waals surface area contributed by atoms with Gasteiger partial charge in [-0.15, -0.1) is 0 Å². The second-order valence-corrected chi connectivity index (χ2v) is 16.0. The molecule has 15 heteroatoms. The third-order valence-corrected chi connectivity index (χ3v) is 10.3. The van der Waals surface area contributed by atoms with Gasteiger partial charge in [0.2, 0.25) is 11.8 Å². The number of carbonyl (C=O) groups excluding carboxylic acids is 2. The maximum atomic E-state index is 12.0. The Morgan fingerprint density at radius 1 is 1.24 bits per heavy atom. The van der Waals surface area contributed by atoms with E-state index in [4.69, 9.17) is 33.7 Å². The minimum Gasteiger partial charge on any atom is -0.541 e. The first-order chi connectivity index (χ1) is 15.4. The maximum absolute atomic E-state index is 12.0. The Morgan fingerprint density at radius 2 is 1.82 bits per heavy atom. The first kappa shape index (κ1) is 29.9. The van der Waals surface area contributed by atoms with Gasteiger partial charge in [0.05, 0.1) is 6.61 Å².